The molecular weight excluding hydrogens is 451 g/mol. The van der Waals surface area contributed by atoms with Crippen LogP contribution in [0.3, 0.4) is 0 Å². The normalized spacial score (nSPS) is 15.5. The molecule has 32 heavy (non-hydrogen) atoms. The van der Waals surface area contributed by atoms with Gasteiger partial charge in [-0.25, -0.2) is 4.79 Å². The Hall–Kier alpha value is -2.83. The summed E-state index contributed by atoms with van der Waals surface area (Å²) in [5.41, 5.74) is 1.73. The smallest absolute Gasteiger partial charge is 0.328 e. The van der Waals surface area contributed by atoms with Crippen LogP contribution in [-0.2, 0) is 32.0 Å². The Balaban J connectivity index is 1.84. The zero-order valence-electron chi connectivity index (χ0n) is 17.6. The first-order valence-corrected chi connectivity index (χ1v) is 11.1. The van der Waals surface area contributed by atoms with Gasteiger partial charge in [0.05, 0.1) is 18.2 Å². The van der Waals surface area contributed by atoms with Gasteiger partial charge >= 0.3 is 5.97 Å². The van der Waals surface area contributed by atoms with Gasteiger partial charge in [-0.15, -0.1) is 0 Å². The van der Waals surface area contributed by atoms with Crippen molar-refractivity contribution in [1.82, 2.24) is 10.2 Å². The average Bonchev–Trinajstić information content (AvgIpc) is 3.05. The monoisotopic (exact) mass is 474 g/mol. The lowest BCUT2D eigenvalue weighted by molar-refractivity contribution is -0.148. The number of ether oxygens (including phenoxy) is 1. The lowest BCUT2D eigenvalue weighted by Crippen LogP contribution is -2.54. The van der Waals surface area contributed by atoms with E-state index in [1.165, 1.54) is 4.90 Å². The van der Waals surface area contributed by atoms with Crippen LogP contribution in [0.4, 0.5) is 0 Å². The number of nitrogens with zero attached hydrogens (tertiary/aromatic N) is 1. The summed E-state index contributed by atoms with van der Waals surface area (Å²) in [7, 11) is 0. The van der Waals surface area contributed by atoms with Crippen molar-refractivity contribution in [3.63, 3.8) is 0 Å². The molecule has 0 fully saturated rings. The standard InChI is InChI=1S/C24H24Cl2N2O4/c1-2-32-24(31)19(13-16-9-5-3-6-10-16)27-22(29)20(14-17-11-7-4-8-12-17)28-15-18(25)21(26)23(28)30/h3-12,19-20H,2,13-15H2,1H3,(H,27,29)/t19-,20-/m0/s1. The molecule has 0 spiro atoms. The lowest BCUT2D eigenvalue weighted by Gasteiger charge is -2.29. The third kappa shape index (κ3) is 5.90. The highest BCUT2D eigenvalue weighted by molar-refractivity contribution is 6.49. The first-order chi connectivity index (χ1) is 15.4. The van der Waals surface area contributed by atoms with Crippen LogP contribution in [0.5, 0.6) is 0 Å². The predicted octanol–water partition coefficient (Wildman–Crippen LogP) is 3.42. The van der Waals surface area contributed by atoms with Gasteiger partial charge in [-0.05, 0) is 18.1 Å². The third-order valence-corrected chi connectivity index (χ3v) is 5.91. The highest BCUT2D eigenvalue weighted by Crippen LogP contribution is 2.28. The molecule has 0 radical (unpaired) electrons. The highest BCUT2D eigenvalue weighted by atomic mass is 35.5. The van der Waals surface area contributed by atoms with E-state index in [0.29, 0.717) is 0 Å². The molecular formula is C24H24Cl2N2O4. The third-order valence-electron chi connectivity index (χ3n) is 5.12. The van der Waals surface area contributed by atoms with E-state index < -0.39 is 29.9 Å². The molecule has 168 valence electrons. The Kier molecular flexibility index (Phi) is 8.31. The Morgan fingerprint density at radius 3 is 2.06 bits per heavy atom. The van der Waals surface area contributed by atoms with Gasteiger partial charge in [0.2, 0.25) is 5.91 Å². The van der Waals surface area contributed by atoms with E-state index in [4.69, 9.17) is 27.9 Å². The molecule has 0 aliphatic carbocycles. The van der Waals surface area contributed by atoms with Gasteiger partial charge < -0.3 is 15.0 Å². The van der Waals surface area contributed by atoms with Crippen molar-refractivity contribution in [3.05, 3.63) is 81.9 Å². The van der Waals surface area contributed by atoms with Gasteiger partial charge in [0, 0.05) is 12.8 Å². The number of hydrogen-bond donors (Lipinski definition) is 1. The number of amides is 2. The Morgan fingerprint density at radius 2 is 1.56 bits per heavy atom. The number of hydrogen-bond acceptors (Lipinski definition) is 4. The Labute approximate surface area is 197 Å². The summed E-state index contributed by atoms with van der Waals surface area (Å²) in [5, 5.41) is 2.88. The number of esters is 1. The first-order valence-electron chi connectivity index (χ1n) is 10.3. The summed E-state index contributed by atoms with van der Waals surface area (Å²) in [6.07, 6.45) is 0.505. The molecule has 0 unspecified atom stereocenters. The summed E-state index contributed by atoms with van der Waals surface area (Å²) in [5.74, 6) is -1.53. The summed E-state index contributed by atoms with van der Waals surface area (Å²) in [4.78, 5) is 39.9. The van der Waals surface area contributed by atoms with E-state index in [1.54, 1.807) is 6.92 Å². The Morgan fingerprint density at radius 1 is 1.00 bits per heavy atom. The number of benzene rings is 2. The van der Waals surface area contributed by atoms with E-state index in [-0.39, 0.29) is 36.1 Å². The van der Waals surface area contributed by atoms with E-state index in [9.17, 15) is 14.4 Å². The SMILES string of the molecule is CCOC(=O)[C@H](Cc1ccccc1)NC(=O)[C@H](Cc1ccccc1)N1CC(Cl)=C(Cl)C1=O. The molecule has 0 bridgehead atoms. The van der Waals surface area contributed by atoms with Gasteiger partial charge in [0.1, 0.15) is 17.1 Å². The molecule has 2 atom stereocenters. The average molecular weight is 475 g/mol. The van der Waals surface area contributed by atoms with E-state index in [2.05, 4.69) is 5.32 Å². The minimum absolute atomic E-state index is 0.0346. The molecule has 1 heterocycles. The second-order valence-electron chi connectivity index (χ2n) is 7.36. The minimum Gasteiger partial charge on any atom is -0.464 e. The second kappa shape index (κ2) is 11.2. The van der Waals surface area contributed by atoms with Gasteiger partial charge in [-0.1, -0.05) is 83.9 Å². The van der Waals surface area contributed by atoms with Crippen LogP contribution in [0.25, 0.3) is 0 Å². The molecule has 1 aliphatic heterocycles. The number of carbonyl (C=O) groups excluding carboxylic acids is 3. The lowest BCUT2D eigenvalue weighted by atomic mass is 10.0. The molecule has 6 nitrogen and oxygen atoms in total. The summed E-state index contributed by atoms with van der Waals surface area (Å²) in [6, 6.07) is 16.8. The molecule has 8 heteroatoms. The fourth-order valence-corrected chi connectivity index (χ4v) is 3.90. The summed E-state index contributed by atoms with van der Waals surface area (Å²) < 4.78 is 5.17. The van der Waals surface area contributed by atoms with Crippen LogP contribution in [0.15, 0.2) is 70.7 Å². The van der Waals surface area contributed by atoms with Crippen LogP contribution in [-0.4, -0.2) is 47.9 Å². The van der Waals surface area contributed by atoms with E-state index in [0.717, 1.165) is 11.1 Å². The fraction of sp³-hybridized carbons (Fsp3) is 0.292. The molecule has 2 amide bonds. The van der Waals surface area contributed by atoms with Crippen molar-refractivity contribution in [2.45, 2.75) is 31.8 Å². The maximum absolute atomic E-state index is 13.4. The zero-order valence-corrected chi connectivity index (χ0v) is 19.1. The second-order valence-corrected chi connectivity index (χ2v) is 8.19. The maximum atomic E-state index is 13.4. The Bertz CT molecular complexity index is 996. The van der Waals surface area contributed by atoms with Gasteiger partial charge in [-0.3, -0.25) is 9.59 Å². The van der Waals surface area contributed by atoms with Crippen molar-refractivity contribution in [2.75, 3.05) is 13.2 Å². The van der Waals surface area contributed by atoms with Crippen molar-refractivity contribution in [3.8, 4) is 0 Å². The molecule has 1 aliphatic rings. The summed E-state index contributed by atoms with van der Waals surface area (Å²) >= 11 is 12.1. The quantitative estimate of drug-likeness (QED) is 0.564. The first kappa shape index (κ1) is 23.8. The summed E-state index contributed by atoms with van der Waals surface area (Å²) in [6.45, 7) is 1.93. The highest BCUT2D eigenvalue weighted by Gasteiger charge is 2.38. The molecule has 3 rings (SSSR count). The van der Waals surface area contributed by atoms with Crippen molar-refractivity contribution in [2.24, 2.45) is 0 Å². The number of rotatable bonds is 9. The zero-order chi connectivity index (χ0) is 23.1. The number of halogens is 2. The van der Waals surface area contributed by atoms with Crippen molar-refractivity contribution in [1.29, 1.82) is 0 Å². The molecule has 1 N–H and O–H groups in total. The van der Waals surface area contributed by atoms with Crippen LogP contribution < -0.4 is 5.32 Å². The van der Waals surface area contributed by atoms with Crippen LogP contribution in [0.2, 0.25) is 0 Å². The topological polar surface area (TPSA) is 75.7 Å². The number of nitrogens with one attached hydrogen (secondary N) is 1. The fourth-order valence-electron chi connectivity index (χ4n) is 3.52. The molecule has 2 aromatic carbocycles. The maximum Gasteiger partial charge on any atom is 0.328 e. The molecule has 0 saturated heterocycles. The molecule has 2 aromatic rings. The van der Waals surface area contributed by atoms with Crippen molar-refractivity contribution >= 4 is 41.0 Å². The van der Waals surface area contributed by atoms with E-state index in [1.807, 2.05) is 60.7 Å². The van der Waals surface area contributed by atoms with Crippen molar-refractivity contribution < 1.29 is 19.1 Å². The largest absolute Gasteiger partial charge is 0.464 e. The van der Waals surface area contributed by atoms with E-state index >= 15 is 0 Å². The molecule has 0 aromatic heterocycles. The van der Waals surface area contributed by atoms with Crippen LogP contribution in [0, 0.1) is 0 Å². The van der Waals surface area contributed by atoms with Gasteiger partial charge in [0.15, 0.2) is 0 Å². The number of carbonyl (C=O) groups is 3. The predicted molar refractivity (Wildman–Crippen MR) is 123 cm³/mol. The molecule has 0 saturated carbocycles. The van der Waals surface area contributed by atoms with Crippen LogP contribution in [0.1, 0.15) is 18.1 Å². The minimum atomic E-state index is -0.903. The van der Waals surface area contributed by atoms with Gasteiger partial charge in [0.25, 0.3) is 5.91 Å². The van der Waals surface area contributed by atoms with Crippen LogP contribution >= 0.6 is 23.2 Å². The van der Waals surface area contributed by atoms with Gasteiger partial charge in [-0.2, -0.15) is 0 Å².